The molecule has 0 aromatic carbocycles. The minimum absolute atomic E-state index is 0.0197. The summed E-state index contributed by atoms with van der Waals surface area (Å²) in [5, 5.41) is 15.8. The Balaban J connectivity index is 1.94. The third-order valence-electron chi connectivity index (χ3n) is 3.86. The first-order valence-electron chi connectivity index (χ1n) is 7.84. The van der Waals surface area contributed by atoms with E-state index in [1.165, 1.54) is 11.3 Å². The molecule has 120 valence electrons. The Morgan fingerprint density at radius 1 is 1.35 bits per heavy atom. The van der Waals surface area contributed by atoms with E-state index in [2.05, 4.69) is 47.1 Å². The zero-order chi connectivity index (χ0) is 16.6. The summed E-state index contributed by atoms with van der Waals surface area (Å²) in [7, 11) is 0. The Morgan fingerprint density at radius 2 is 2.09 bits per heavy atom. The maximum Gasteiger partial charge on any atom is 0.223 e. The van der Waals surface area contributed by atoms with Crippen molar-refractivity contribution in [2.75, 3.05) is 5.32 Å². The molecule has 0 spiro atoms. The lowest BCUT2D eigenvalue weighted by Gasteiger charge is -2.15. The Morgan fingerprint density at radius 3 is 2.65 bits per heavy atom. The number of aromatic nitrogens is 3. The fourth-order valence-electron chi connectivity index (χ4n) is 2.23. The van der Waals surface area contributed by atoms with Crippen LogP contribution in [-0.4, -0.2) is 21.0 Å². The van der Waals surface area contributed by atoms with Crippen LogP contribution in [0.2, 0.25) is 0 Å². The molecule has 0 radical (unpaired) electrons. The molecule has 1 atom stereocenters. The molecule has 1 aliphatic carbocycles. The van der Waals surface area contributed by atoms with Crippen LogP contribution in [0.15, 0.2) is 11.6 Å². The molecule has 0 saturated heterocycles. The highest BCUT2D eigenvalue weighted by molar-refractivity contribution is 7.09. The summed E-state index contributed by atoms with van der Waals surface area (Å²) in [6.07, 6.45) is 4.11. The van der Waals surface area contributed by atoms with Crippen LogP contribution in [0.1, 0.15) is 61.5 Å². The number of thiazole rings is 1. The predicted octanol–water partition coefficient (Wildman–Crippen LogP) is 3.77. The van der Waals surface area contributed by atoms with Crippen molar-refractivity contribution in [1.82, 2.24) is 15.0 Å². The van der Waals surface area contributed by atoms with Gasteiger partial charge in [0.1, 0.15) is 10.9 Å². The number of nitrogens with one attached hydrogen (secondary N) is 1. The fourth-order valence-corrected chi connectivity index (χ4v) is 3.32. The van der Waals surface area contributed by atoms with Gasteiger partial charge >= 0.3 is 0 Å². The highest BCUT2D eigenvalue weighted by Gasteiger charge is 2.26. The van der Waals surface area contributed by atoms with Gasteiger partial charge in [0.2, 0.25) is 5.95 Å². The van der Waals surface area contributed by atoms with Crippen LogP contribution in [-0.2, 0) is 5.41 Å². The molecule has 2 aromatic rings. The monoisotopic (exact) mass is 327 g/mol. The van der Waals surface area contributed by atoms with Crippen molar-refractivity contribution in [3.8, 4) is 6.07 Å². The molecule has 1 aliphatic rings. The Hall–Kier alpha value is -2.00. The number of anilines is 1. The van der Waals surface area contributed by atoms with Crippen molar-refractivity contribution in [3.05, 3.63) is 33.5 Å². The second-order valence-electron chi connectivity index (χ2n) is 7.06. The van der Waals surface area contributed by atoms with E-state index in [9.17, 15) is 5.26 Å². The van der Waals surface area contributed by atoms with Crippen LogP contribution in [0.4, 0.5) is 5.95 Å². The molecule has 1 unspecified atom stereocenters. The van der Waals surface area contributed by atoms with E-state index in [-0.39, 0.29) is 5.41 Å². The highest BCUT2D eigenvalue weighted by atomic mass is 32.1. The topological polar surface area (TPSA) is 74.5 Å². The standard InChI is InChI=1S/C17H21N5S/c1-10-8-19-16(20-11-5-6-11)22-14(10)12(7-18)15-21-13(9-23-15)17(2,3)4/h8-9,11-12H,5-6H2,1-4H3,(H,19,20,22). The minimum Gasteiger partial charge on any atom is -0.351 e. The van der Waals surface area contributed by atoms with Gasteiger partial charge in [-0.3, -0.25) is 0 Å². The van der Waals surface area contributed by atoms with Crippen molar-refractivity contribution in [3.63, 3.8) is 0 Å². The van der Waals surface area contributed by atoms with Crippen molar-refractivity contribution in [1.29, 1.82) is 5.26 Å². The van der Waals surface area contributed by atoms with E-state index < -0.39 is 5.92 Å². The Bertz CT molecular complexity index is 749. The molecule has 2 aromatic heterocycles. The van der Waals surface area contributed by atoms with Crippen LogP contribution in [0, 0.1) is 18.3 Å². The summed E-state index contributed by atoms with van der Waals surface area (Å²) in [4.78, 5) is 13.6. The summed E-state index contributed by atoms with van der Waals surface area (Å²) < 4.78 is 0. The van der Waals surface area contributed by atoms with Gasteiger partial charge in [-0.2, -0.15) is 5.26 Å². The predicted molar refractivity (Wildman–Crippen MR) is 91.7 cm³/mol. The molecule has 6 heteroatoms. The van der Waals surface area contributed by atoms with Gasteiger partial charge in [-0.05, 0) is 25.3 Å². The van der Waals surface area contributed by atoms with Gasteiger partial charge in [0.25, 0.3) is 0 Å². The number of hydrogen-bond acceptors (Lipinski definition) is 6. The summed E-state index contributed by atoms with van der Waals surface area (Å²) in [6, 6.07) is 2.85. The number of aryl methyl sites for hydroxylation is 1. The van der Waals surface area contributed by atoms with Crippen LogP contribution in [0.25, 0.3) is 0 Å². The third-order valence-corrected chi connectivity index (χ3v) is 4.77. The molecule has 5 nitrogen and oxygen atoms in total. The second kappa shape index (κ2) is 5.89. The fraction of sp³-hybridized carbons (Fsp3) is 0.529. The van der Waals surface area contributed by atoms with Gasteiger partial charge in [-0.25, -0.2) is 15.0 Å². The molecular formula is C17H21N5S. The Labute approximate surface area is 140 Å². The summed E-state index contributed by atoms with van der Waals surface area (Å²) in [5.74, 6) is 0.166. The molecule has 0 amide bonds. The summed E-state index contributed by atoms with van der Waals surface area (Å²) in [6.45, 7) is 8.32. The molecule has 23 heavy (non-hydrogen) atoms. The second-order valence-corrected chi connectivity index (χ2v) is 7.95. The molecule has 0 aliphatic heterocycles. The minimum atomic E-state index is -0.446. The van der Waals surface area contributed by atoms with Crippen molar-refractivity contribution < 1.29 is 0 Å². The number of hydrogen-bond donors (Lipinski definition) is 1. The average molecular weight is 327 g/mol. The zero-order valence-corrected chi connectivity index (χ0v) is 14.7. The lowest BCUT2D eigenvalue weighted by atomic mass is 9.93. The molecule has 3 rings (SSSR count). The maximum atomic E-state index is 9.69. The summed E-state index contributed by atoms with van der Waals surface area (Å²) in [5.41, 5.74) is 2.67. The van der Waals surface area contributed by atoms with E-state index >= 15 is 0 Å². The number of nitriles is 1. The van der Waals surface area contributed by atoms with Crippen molar-refractivity contribution >= 4 is 17.3 Å². The quantitative estimate of drug-likeness (QED) is 0.925. The lowest BCUT2D eigenvalue weighted by Crippen LogP contribution is -2.13. The van der Waals surface area contributed by atoms with Gasteiger partial charge in [-0.15, -0.1) is 11.3 Å². The first kappa shape index (κ1) is 15.9. The smallest absolute Gasteiger partial charge is 0.223 e. The van der Waals surface area contributed by atoms with Gasteiger partial charge in [-0.1, -0.05) is 20.8 Å². The first-order valence-corrected chi connectivity index (χ1v) is 8.72. The largest absolute Gasteiger partial charge is 0.351 e. The number of nitrogens with zero attached hydrogens (tertiary/aromatic N) is 4. The Kier molecular flexibility index (Phi) is 4.07. The van der Waals surface area contributed by atoms with Crippen LogP contribution < -0.4 is 5.32 Å². The van der Waals surface area contributed by atoms with Crippen LogP contribution in [0.5, 0.6) is 0 Å². The van der Waals surface area contributed by atoms with E-state index in [1.807, 2.05) is 12.3 Å². The average Bonchev–Trinajstić information content (AvgIpc) is 3.15. The highest BCUT2D eigenvalue weighted by Crippen LogP contribution is 2.32. The molecule has 1 N–H and O–H groups in total. The normalized spacial score (nSPS) is 16.0. The zero-order valence-electron chi connectivity index (χ0n) is 13.9. The van der Waals surface area contributed by atoms with Gasteiger partial charge in [0, 0.05) is 23.0 Å². The molecule has 1 saturated carbocycles. The third kappa shape index (κ3) is 3.50. The summed E-state index contributed by atoms with van der Waals surface area (Å²) >= 11 is 1.53. The lowest BCUT2D eigenvalue weighted by molar-refractivity contribution is 0.570. The molecule has 1 fully saturated rings. The first-order chi connectivity index (χ1) is 10.9. The number of rotatable bonds is 4. The van der Waals surface area contributed by atoms with E-state index in [4.69, 9.17) is 0 Å². The van der Waals surface area contributed by atoms with Gasteiger partial charge in [0.15, 0.2) is 0 Å². The van der Waals surface area contributed by atoms with Crippen LogP contribution in [0.3, 0.4) is 0 Å². The maximum absolute atomic E-state index is 9.69. The molecule has 0 bridgehead atoms. The van der Waals surface area contributed by atoms with E-state index in [0.29, 0.717) is 12.0 Å². The van der Waals surface area contributed by atoms with Crippen molar-refractivity contribution in [2.24, 2.45) is 0 Å². The van der Waals surface area contributed by atoms with Gasteiger partial charge in [0.05, 0.1) is 17.5 Å². The SMILES string of the molecule is Cc1cnc(NC2CC2)nc1C(C#N)c1nc(C(C)(C)C)cs1. The van der Waals surface area contributed by atoms with Gasteiger partial charge < -0.3 is 5.32 Å². The molecule has 2 heterocycles. The molecular weight excluding hydrogens is 306 g/mol. The van der Waals surface area contributed by atoms with Crippen LogP contribution >= 0.6 is 11.3 Å². The van der Waals surface area contributed by atoms with E-state index in [0.717, 1.165) is 34.8 Å². The van der Waals surface area contributed by atoms with E-state index in [1.54, 1.807) is 6.20 Å². The van der Waals surface area contributed by atoms with Crippen molar-refractivity contribution in [2.45, 2.75) is 57.9 Å².